The van der Waals surface area contributed by atoms with Crippen molar-refractivity contribution < 1.29 is 23.9 Å². The van der Waals surface area contributed by atoms with Crippen molar-refractivity contribution in [2.75, 3.05) is 19.1 Å². The van der Waals surface area contributed by atoms with E-state index in [9.17, 15) is 14.4 Å². The average molecular weight is 560 g/mol. The summed E-state index contributed by atoms with van der Waals surface area (Å²) in [6.45, 7) is 5.68. The minimum absolute atomic E-state index is 0.140. The highest BCUT2D eigenvalue weighted by Crippen LogP contribution is 2.56. The van der Waals surface area contributed by atoms with Crippen LogP contribution in [-0.2, 0) is 19.1 Å². The minimum atomic E-state index is -0.934. The lowest BCUT2D eigenvalue weighted by Crippen LogP contribution is -2.56. The molecule has 0 aromatic heterocycles. The predicted octanol–water partition coefficient (Wildman–Crippen LogP) is 6.16. The first-order valence-electron chi connectivity index (χ1n) is 10.8. The van der Waals surface area contributed by atoms with Gasteiger partial charge in [0.25, 0.3) is 5.91 Å². The van der Waals surface area contributed by atoms with E-state index in [0.29, 0.717) is 30.9 Å². The molecular formula is C26H22ClNO5S3. The Hall–Kier alpha value is -2.59. The fourth-order valence-electron chi connectivity index (χ4n) is 4.05. The number of thiocarbonyl (C=S) groups is 1. The van der Waals surface area contributed by atoms with Crippen LogP contribution in [-0.4, -0.2) is 42.5 Å². The van der Waals surface area contributed by atoms with Crippen LogP contribution in [0.2, 0.25) is 5.02 Å². The fraction of sp³-hybridized carbons (Fsp3) is 0.231. The Labute approximate surface area is 228 Å². The summed E-state index contributed by atoms with van der Waals surface area (Å²) in [5, 5.41) is 0.346. The number of rotatable bonds is 3. The molecule has 0 saturated heterocycles. The van der Waals surface area contributed by atoms with Crippen molar-refractivity contribution in [2.24, 2.45) is 0 Å². The standard InChI is InChI=1S/C26H22ClNO5S3/c1-13-10-11-17-15(12-13)18(25-35-19(23(30)32-4)20(36-25)24(31)33-5)21(34)26(2,3)28(17)22(29)14-8-6-7-9-16(14)27/h6-12H,1-5H3. The van der Waals surface area contributed by atoms with Gasteiger partial charge >= 0.3 is 11.9 Å². The van der Waals surface area contributed by atoms with Crippen LogP contribution in [0.3, 0.4) is 0 Å². The Balaban J connectivity index is 1.93. The molecule has 2 aromatic rings. The van der Waals surface area contributed by atoms with Crippen LogP contribution in [0.25, 0.3) is 5.57 Å². The predicted molar refractivity (Wildman–Crippen MR) is 149 cm³/mol. The Kier molecular flexibility index (Phi) is 7.39. The second-order valence-corrected chi connectivity index (χ2v) is 11.7. The minimum Gasteiger partial charge on any atom is -0.465 e. The summed E-state index contributed by atoms with van der Waals surface area (Å²) in [5.41, 5.74) is 2.46. The second-order valence-electron chi connectivity index (χ2n) is 8.54. The molecule has 0 aliphatic carbocycles. The van der Waals surface area contributed by atoms with Crippen LogP contribution < -0.4 is 4.90 Å². The summed E-state index contributed by atoms with van der Waals surface area (Å²) in [6, 6.07) is 12.6. The van der Waals surface area contributed by atoms with Crippen LogP contribution in [0.5, 0.6) is 0 Å². The molecule has 0 spiro atoms. The fourth-order valence-corrected chi connectivity index (χ4v) is 7.30. The zero-order valence-corrected chi connectivity index (χ0v) is 23.3. The van der Waals surface area contributed by atoms with Gasteiger partial charge in [0.15, 0.2) is 0 Å². The van der Waals surface area contributed by atoms with E-state index in [4.69, 9.17) is 33.3 Å². The number of hydrogen-bond acceptors (Lipinski definition) is 8. The second kappa shape index (κ2) is 10.0. The van der Waals surface area contributed by atoms with Crippen molar-refractivity contribution in [2.45, 2.75) is 26.3 Å². The Morgan fingerprint density at radius 1 is 0.972 bits per heavy atom. The summed E-state index contributed by atoms with van der Waals surface area (Å²) >= 11 is 14.6. The molecule has 1 amide bonds. The van der Waals surface area contributed by atoms with Gasteiger partial charge in [0.1, 0.15) is 9.81 Å². The molecule has 2 aromatic carbocycles. The van der Waals surface area contributed by atoms with Crippen LogP contribution >= 0.6 is 47.3 Å². The highest BCUT2D eigenvalue weighted by molar-refractivity contribution is 8.29. The lowest BCUT2D eigenvalue weighted by molar-refractivity contribution is -0.138. The van der Waals surface area contributed by atoms with E-state index in [1.807, 2.05) is 39.0 Å². The van der Waals surface area contributed by atoms with Crippen LogP contribution in [0, 0.1) is 6.92 Å². The van der Waals surface area contributed by atoms with E-state index in [-0.39, 0.29) is 15.7 Å². The molecule has 0 saturated carbocycles. The number of carbonyl (C=O) groups is 3. The normalized spacial score (nSPS) is 16.7. The van der Waals surface area contributed by atoms with Crippen LogP contribution in [0.4, 0.5) is 5.69 Å². The lowest BCUT2D eigenvalue weighted by Gasteiger charge is -2.45. The third-order valence-electron chi connectivity index (χ3n) is 5.85. The molecule has 4 rings (SSSR count). The van der Waals surface area contributed by atoms with Gasteiger partial charge < -0.3 is 9.47 Å². The molecular weight excluding hydrogens is 538 g/mol. The summed E-state index contributed by atoms with van der Waals surface area (Å²) in [7, 11) is 2.51. The van der Waals surface area contributed by atoms with Crippen molar-refractivity contribution in [1.82, 2.24) is 0 Å². The Morgan fingerprint density at radius 2 is 1.56 bits per heavy atom. The molecule has 0 fully saturated rings. The van der Waals surface area contributed by atoms with E-state index in [0.717, 1.165) is 34.7 Å². The number of aryl methyl sites for hydroxylation is 1. The van der Waals surface area contributed by atoms with Gasteiger partial charge in [-0.1, -0.05) is 71.1 Å². The first kappa shape index (κ1) is 26.5. The summed E-state index contributed by atoms with van der Waals surface area (Å²) in [6.07, 6.45) is 0. The third-order valence-corrected chi connectivity index (χ3v) is 9.44. The first-order valence-corrected chi connectivity index (χ1v) is 13.2. The largest absolute Gasteiger partial charge is 0.465 e. The van der Waals surface area contributed by atoms with Crippen molar-refractivity contribution in [3.05, 3.63) is 78.2 Å². The van der Waals surface area contributed by atoms with Gasteiger partial charge in [-0.2, -0.15) is 0 Å². The van der Waals surface area contributed by atoms with Gasteiger partial charge in [-0.05, 0) is 45.0 Å². The average Bonchev–Trinajstić information content (AvgIpc) is 3.29. The molecule has 186 valence electrons. The highest BCUT2D eigenvalue weighted by atomic mass is 35.5. The molecule has 2 aliphatic rings. The SMILES string of the molecule is COC(=O)C1=C(C(=O)OC)SC(=C2C(=S)C(C)(C)N(C(=O)c3ccccc3Cl)c3ccc(C)cc32)S1. The number of esters is 2. The maximum atomic E-state index is 13.8. The summed E-state index contributed by atoms with van der Waals surface area (Å²) in [4.78, 5) is 41.2. The van der Waals surface area contributed by atoms with Gasteiger partial charge in [0, 0.05) is 11.1 Å². The van der Waals surface area contributed by atoms with E-state index in [2.05, 4.69) is 0 Å². The molecule has 0 bridgehead atoms. The molecule has 0 radical (unpaired) electrons. The number of thioether (sulfide) groups is 2. The number of amides is 1. The molecule has 0 unspecified atom stereocenters. The molecule has 6 nitrogen and oxygen atoms in total. The number of methoxy groups -OCH3 is 2. The summed E-state index contributed by atoms with van der Waals surface area (Å²) < 4.78 is 10.4. The highest BCUT2D eigenvalue weighted by Gasteiger charge is 2.46. The number of nitrogens with zero attached hydrogens (tertiary/aromatic N) is 1. The number of carbonyl (C=O) groups excluding carboxylic acids is 3. The van der Waals surface area contributed by atoms with Crippen LogP contribution in [0.15, 0.2) is 56.5 Å². The van der Waals surface area contributed by atoms with Gasteiger partial charge in [0.2, 0.25) is 0 Å². The molecule has 2 heterocycles. The van der Waals surface area contributed by atoms with Gasteiger partial charge in [-0.15, -0.1) is 0 Å². The zero-order valence-electron chi connectivity index (χ0n) is 20.1. The number of benzene rings is 2. The molecule has 36 heavy (non-hydrogen) atoms. The number of halogens is 1. The monoisotopic (exact) mass is 559 g/mol. The quantitative estimate of drug-likeness (QED) is 0.251. The van der Waals surface area contributed by atoms with E-state index >= 15 is 0 Å². The lowest BCUT2D eigenvalue weighted by atomic mass is 9.82. The molecule has 0 atom stereocenters. The zero-order chi connectivity index (χ0) is 26.4. The number of fused-ring (bicyclic) bond motifs is 1. The Bertz CT molecular complexity index is 1370. The van der Waals surface area contributed by atoms with Crippen molar-refractivity contribution >= 4 is 81.3 Å². The first-order chi connectivity index (χ1) is 17.0. The number of hydrogen-bond donors (Lipinski definition) is 0. The molecule has 0 N–H and O–H groups in total. The maximum absolute atomic E-state index is 13.8. The number of ether oxygens (including phenoxy) is 2. The molecule has 10 heteroatoms. The summed E-state index contributed by atoms with van der Waals surface area (Å²) in [5.74, 6) is -1.55. The molecule has 2 aliphatic heterocycles. The number of anilines is 1. The van der Waals surface area contributed by atoms with Gasteiger partial charge in [-0.25, -0.2) is 9.59 Å². The van der Waals surface area contributed by atoms with E-state index in [1.165, 1.54) is 14.2 Å². The van der Waals surface area contributed by atoms with Crippen molar-refractivity contribution in [1.29, 1.82) is 0 Å². The maximum Gasteiger partial charge on any atom is 0.346 e. The topological polar surface area (TPSA) is 72.9 Å². The Morgan fingerprint density at radius 3 is 2.11 bits per heavy atom. The van der Waals surface area contributed by atoms with Gasteiger partial charge in [0.05, 0.1) is 45.1 Å². The van der Waals surface area contributed by atoms with E-state index in [1.54, 1.807) is 29.2 Å². The van der Waals surface area contributed by atoms with Crippen molar-refractivity contribution in [3.8, 4) is 0 Å². The van der Waals surface area contributed by atoms with Crippen LogP contribution in [0.1, 0.15) is 35.3 Å². The smallest absolute Gasteiger partial charge is 0.346 e. The van der Waals surface area contributed by atoms with E-state index < -0.39 is 17.5 Å². The van der Waals surface area contributed by atoms with Crippen molar-refractivity contribution in [3.63, 3.8) is 0 Å². The third kappa shape index (κ3) is 4.38. The van der Waals surface area contributed by atoms with Gasteiger partial charge in [-0.3, -0.25) is 9.69 Å².